The monoisotopic (exact) mass is 318 g/mol. The van der Waals surface area contributed by atoms with Crippen molar-refractivity contribution < 1.29 is 0 Å². The van der Waals surface area contributed by atoms with E-state index in [9.17, 15) is 0 Å². The van der Waals surface area contributed by atoms with Gasteiger partial charge in [-0.3, -0.25) is 0 Å². The van der Waals surface area contributed by atoms with Crippen LogP contribution < -0.4 is 0 Å². The zero-order valence-corrected chi connectivity index (χ0v) is 15.6. The van der Waals surface area contributed by atoms with Crippen molar-refractivity contribution in [3.05, 3.63) is 97.1 Å². The molecule has 0 spiro atoms. The van der Waals surface area contributed by atoms with Crippen LogP contribution in [0.2, 0.25) is 0 Å². The molecule has 0 atom stereocenters. The summed E-state index contributed by atoms with van der Waals surface area (Å²) in [5.74, 6) is 0. The molecule has 0 heteroatoms. The Morgan fingerprint density at radius 3 is 1.17 bits per heavy atom. The van der Waals surface area contributed by atoms with Crippen molar-refractivity contribution in [2.24, 2.45) is 0 Å². The molecule has 2 aromatic carbocycles. The van der Waals surface area contributed by atoms with Crippen LogP contribution in [0, 0.1) is 0 Å². The predicted octanol–water partition coefficient (Wildman–Crippen LogP) is 7.75. The second kappa shape index (κ2) is 11.9. The lowest BCUT2D eigenvalue weighted by Crippen LogP contribution is -1.82. The molecule has 126 valence electrons. The average Bonchev–Trinajstić information content (AvgIpc) is 2.63. The lowest BCUT2D eigenvalue weighted by Gasteiger charge is -2.02. The summed E-state index contributed by atoms with van der Waals surface area (Å²) < 4.78 is 0. The molecule has 0 aliphatic rings. The zero-order chi connectivity index (χ0) is 18.5. The van der Waals surface area contributed by atoms with Crippen LogP contribution in [0.1, 0.15) is 49.9 Å². The van der Waals surface area contributed by atoms with E-state index in [1.807, 2.05) is 76.2 Å². The molecule has 24 heavy (non-hydrogen) atoms. The van der Waals surface area contributed by atoms with Gasteiger partial charge < -0.3 is 0 Å². The smallest absolute Gasteiger partial charge is 0.0161 e. The highest BCUT2D eigenvalue weighted by Gasteiger charge is 1.96. The molecule has 0 saturated carbocycles. The quantitative estimate of drug-likeness (QED) is 0.540. The van der Waals surface area contributed by atoms with Gasteiger partial charge in [-0.05, 0) is 36.1 Å². The average molecular weight is 319 g/mol. The summed E-state index contributed by atoms with van der Waals surface area (Å²) in [6.45, 7) is 23.2. The van der Waals surface area contributed by atoms with Crippen molar-refractivity contribution in [2.75, 3.05) is 0 Å². The lowest BCUT2D eigenvalue weighted by molar-refractivity contribution is 1.50. The third-order valence-electron chi connectivity index (χ3n) is 3.28. The number of benzene rings is 2. The topological polar surface area (TPSA) is 0 Å². The molecular weight excluding hydrogens is 288 g/mol. The number of hydrogen-bond acceptors (Lipinski definition) is 0. The Morgan fingerprint density at radius 1 is 0.667 bits per heavy atom. The summed E-state index contributed by atoms with van der Waals surface area (Å²) in [6, 6.07) is 16.2. The fraction of sp³-hybridized carbons (Fsp3) is 0.167. The van der Waals surface area contributed by atoms with Crippen LogP contribution in [-0.2, 0) is 0 Å². The van der Waals surface area contributed by atoms with Gasteiger partial charge in [-0.25, -0.2) is 0 Å². The van der Waals surface area contributed by atoms with Gasteiger partial charge in [0.1, 0.15) is 0 Å². The summed E-state index contributed by atoms with van der Waals surface area (Å²) in [5.41, 5.74) is 6.84. The summed E-state index contributed by atoms with van der Waals surface area (Å²) in [5, 5.41) is 0. The highest BCUT2D eigenvalue weighted by atomic mass is 14.0. The van der Waals surface area contributed by atoms with Gasteiger partial charge in [0.25, 0.3) is 0 Å². The standard InChI is InChI=1S/2C11H12.C2H6/c2*1-4-10-7-5-6-8-11(10)9(2)3;1-2/h2*4-8H,1-2H2,3H3;1-2H3. The van der Waals surface area contributed by atoms with Gasteiger partial charge in [-0.1, -0.05) is 112 Å². The van der Waals surface area contributed by atoms with Crippen molar-refractivity contribution in [3.63, 3.8) is 0 Å². The van der Waals surface area contributed by atoms with Gasteiger partial charge in [0.15, 0.2) is 0 Å². The molecule has 0 fully saturated rings. The summed E-state index contributed by atoms with van der Waals surface area (Å²) >= 11 is 0. The maximum atomic E-state index is 3.89. The van der Waals surface area contributed by atoms with Crippen LogP contribution in [0.4, 0.5) is 0 Å². The van der Waals surface area contributed by atoms with Crippen molar-refractivity contribution in [1.29, 1.82) is 0 Å². The summed E-state index contributed by atoms with van der Waals surface area (Å²) in [7, 11) is 0. The van der Waals surface area contributed by atoms with Gasteiger partial charge in [0.05, 0.1) is 0 Å². The normalized spacial score (nSPS) is 8.67. The molecule has 0 aliphatic heterocycles. The fourth-order valence-electron chi connectivity index (χ4n) is 2.13. The third kappa shape index (κ3) is 6.66. The third-order valence-corrected chi connectivity index (χ3v) is 3.28. The van der Waals surface area contributed by atoms with Crippen LogP contribution in [-0.4, -0.2) is 0 Å². The van der Waals surface area contributed by atoms with Gasteiger partial charge in [-0.15, -0.1) is 0 Å². The molecule has 0 bridgehead atoms. The molecule has 2 rings (SSSR count). The van der Waals surface area contributed by atoms with Gasteiger partial charge in [-0.2, -0.15) is 0 Å². The van der Waals surface area contributed by atoms with Crippen molar-refractivity contribution in [2.45, 2.75) is 27.7 Å². The Hall–Kier alpha value is -2.60. The number of allylic oxidation sites excluding steroid dienone is 2. The Kier molecular flexibility index (Phi) is 10.6. The van der Waals surface area contributed by atoms with E-state index in [2.05, 4.69) is 38.4 Å². The maximum Gasteiger partial charge on any atom is -0.0161 e. The van der Waals surface area contributed by atoms with Crippen molar-refractivity contribution in [1.82, 2.24) is 0 Å². The molecule has 0 N–H and O–H groups in total. The highest BCUT2D eigenvalue weighted by molar-refractivity contribution is 5.71. The molecule has 0 aromatic heterocycles. The molecule has 0 nitrogen and oxygen atoms in total. The van der Waals surface area contributed by atoms with Crippen molar-refractivity contribution >= 4 is 23.3 Å². The molecule has 0 aliphatic carbocycles. The minimum atomic E-state index is 1.08. The fourth-order valence-corrected chi connectivity index (χ4v) is 2.13. The Labute approximate surface area is 148 Å². The van der Waals surface area contributed by atoms with E-state index < -0.39 is 0 Å². The SMILES string of the molecule is C=Cc1ccccc1C(=C)C.C=Cc1ccccc1C(=C)C.CC. The van der Waals surface area contributed by atoms with Gasteiger partial charge >= 0.3 is 0 Å². The zero-order valence-electron chi connectivity index (χ0n) is 15.6. The van der Waals surface area contributed by atoms with Crippen molar-refractivity contribution in [3.8, 4) is 0 Å². The first-order valence-electron chi connectivity index (χ1n) is 8.26. The van der Waals surface area contributed by atoms with Gasteiger partial charge in [0.2, 0.25) is 0 Å². The van der Waals surface area contributed by atoms with Crippen LogP contribution in [0.25, 0.3) is 23.3 Å². The van der Waals surface area contributed by atoms with Crippen LogP contribution in [0.15, 0.2) is 74.8 Å². The minimum Gasteiger partial charge on any atom is -0.0984 e. The second-order valence-corrected chi connectivity index (χ2v) is 5.14. The highest BCUT2D eigenvalue weighted by Crippen LogP contribution is 2.18. The maximum absolute atomic E-state index is 3.89. The molecule has 0 amide bonds. The van der Waals surface area contributed by atoms with E-state index in [1.54, 1.807) is 0 Å². The molecule has 0 saturated heterocycles. The van der Waals surface area contributed by atoms with Gasteiger partial charge in [0, 0.05) is 0 Å². The number of hydrogen-bond donors (Lipinski definition) is 0. The predicted molar refractivity (Wildman–Crippen MR) is 114 cm³/mol. The number of rotatable bonds is 4. The lowest BCUT2D eigenvalue weighted by atomic mass is 10.0. The summed E-state index contributed by atoms with van der Waals surface area (Å²) in [6.07, 6.45) is 3.70. The van der Waals surface area contributed by atoms with E-state index in [1.165, 1.54) is 11.1 Å². The molecule has 2 aromatic rings. The molecule has 0 unspecified atom stereocenters. The van der Waals surface area contributed by atoms with E-state index in [0.717, 1.165) is 22.3 Å². The minimum absolute atomic E-state index is 1.08. The van der Waals surface area contributed by atoms with Crippen LogP contribution in [0.3, 0.4) is 0 Å². The van der Waals surface area contributed by atoms with E-state index >= 15 is 0 Å². The first-order chi connectivity index (χ1) is 11.5. The Morgan fingerprint density at radius 2 is 0.958 bits per heavy atom. The first-order valence-corrected chi connectivity index (χ1v) is 8.26. The van der Waals surface area contributed by atoms with E-state index in [4.69, 9.17) is 0 Å². The van der Waals surface area contributed by atoms with Crippen LogP contribution >= 0.6 is 0 Å². The molecule has 0 heterocycles. The largest absolute Gasteiger partial charge is 0.0984 e. The van der Waals surface area contributed by atoms with E-state index in [0.29, 0.717) is 0 Å². The molecule has 0 radical (unpaired) electrons. The first kappa shape index (κ1) is 21.4. The Bertz CT molecular complexity index is 625. The van der Waals surface area contributed by atoms with Crippen LogP contribution in [0.5, 0.6) is 0 Å². The Balaban J connectivity index is 0.000000400. The van der Waals surface area contributed by atoms with E-state index in [-0.39, 0.29) is 0 Å². The summed E-state index contributed by atoms with van der Waals surface area (Å²) in [4.78, 5) is 0. The molecular formula is C24H30. The second-order valence-electron chi connectivity index (χ2n) is 5.14.